The van der Waals surface area contributed by atoms with Crippen molar-refractivity contribution in [2.24, 2.45) is 0 Å². The molecular formula is C21H17NO5. The number of aromatic hydroxyl groups is 1. The normalized spacial score (nSPS) is 10.4. The first-order chi connectivity index (χ1) is 12.9. The van der Waals surface area contributed by atoms with Crippen molar-refractivity contribution in [3.05, 3.63) is 71.8 Å². The van der Waals surface area contributed by atoms with Crippen LogP contribution in [-0.2, 0) is 9.53 Å². The Morgan fingerprint density at radius 1 is 0.963 bits per heavy atom. The highest BCUT2D eigenvalue weighted by atomic mass is 16.5. The molecule has 136 valence electrons. The molecule has 1 amide bonds. The second kappa shape index (κ2) is 7.70. The second-order valence-corrected chi connectivity index (χ2v) is 5.98. The molecule has 0 aliphatic carbocycles. The van der Waals surface area contributed by atoms with Crippen molar-refractivity contribution < 1.29 is 24.2 Å². The van der Waals surface area contributed by atoms with Crippen molar-refractivity contribution in [1.29, 1.82) is 0 Å². The van der Waals surface area contributed by atoms with Gasteiger partial charge >= 0.3 is 5.97 Å². The SMILES string of the molecule is CC(=O)c1cccc(NC(=O)COC(=O)c2cc3ccccc3cc2O)c1. The van der Waals surface area contributed by atoms with Crippen molar-refractivity contribution in [2.75, 3.05) is 11.9 Å². The topological polar surface area (TPSA) is 92.7 Å². The molecule has 3 aromatic rings. The number of anilines is 1. The highest BCUT2D eigenvalue weighted by Crippen LogP contribution is 2.25. The highest BCUT2D eigenvalue weighted by molar-refractivity contribution is 6.01. The molecule has 0 heterocycles. The van der Waals surface area contributed by atoms with Crippen LogP contribution in [0.15, 0.2) is 60.7 Å². The third-order valence-corrected chi connectivity index (χ3v) is 3.97. The van der Waals surface area contributed by atoms with Gasteiger partial charge in [-0.05, 0) is 42.0 Å². The van der Waals surface area contributed by atoms with Gasteiger partial charge < -0.3 is 15.2 Å². The van der Waals surface area contributed by atoms with E-state index < -0.39 is 18.5 Å². The minimum Gasteiger partial charge on any atom is -0.507 e. The summed E-state index contributed by atoms with van der Waals surface area (Å²) < 4.78 is 4.99. The fourth-order valence-corrected chi connectivity index (χ4v) is 2.61. The maximum Gasteiger partial charge on any atom is 0.342 e. The summed E-state index contributed by atoms with van der Waals surface area (Å²) in [6.45, 7) is 0.911. The van der Waals surface area contributed by atoms with Gasteiger partial charge in [-0.3, -0.25) is 9.59 Å². The lowest BCUT2D eigenvalue weighted by molar-refractivity contribution is -0.119. The second-order valence-electron chi connectivity index (χ2n) is 5.98. The minimum absolute atomic E-state index is 0.0138. The number of esters is 1. The molecule has 6 heteroatoms. The Morgan fingerprint density at radius 3 is 2.37 bits per heavy atom. The van der Waals surface area contributed by atoms with Crippen LogP contribution in [0.1, 0.15) is 27.6 Å². The zero-order valence-corrected chi connectivity index (χ0v) is 14.6. The van der Waals surface area contributed by atoms with E-state index in [9.17, 15) is 19.5 Å². The summed E-state index contributed by atoms with van der Waals surface area (Å²) in [6, 6.07) is 16.7. The highest BCUT2D eigenvalue weighted by Gasteiger charge is 2.16. The number of hydrogen-bond acceptors (Lipinski definition) is 5. The first-order valence-electron chi connectivity index (χ1n) is 8.24. The number of phenols is 1. The lowest BCUT2D eigenvalue weighted by atomic mass is 10.1. The zero-order valence-electron chi connectivity index (χ0n) is 14.6. The zero-order chi connectivity index (χ0) is 19.4. The van der Waals surface area contributed by atoms with Gasteiger partial charge in [0.25, 0.3) is 5.91 Å². The number of carbonyl (C=O) groups is 3. The van der Waals surface area contributed by atoms with E-state index in [1.54, 1.807) is 24.3 Å². The molecule has 3 aromatic carbocycles. The van der Waals surface area contributed by atoms with Crippen molar-refractivity contribution in [3.63, 3.8) is 0 Å². The maximum atomic E-state index is 12.2. The number of Topliss-reactive ketones (excluding diaryl/α,β-unsaturated/α-hetero) is 1. The summed E-state index contributed by atoms with van der Waals surface area (Å²) in [5.74, 6) is -1.69. The predicted octanol–water partition coefficient (Wildman–Crippen LogP) is 3.54. The Balaban J connectivity index is 1.65. The number of fused-ring (bicyclic) bond motifs is 1. The lowest BCUT2D eigenvalue weighted by Crippen LogP contribution is -2.21. The van der Waals surface area contributed by atoms with Crippen molar-refractivity contribution in [1.82, 2.24) is 0 Å². The van der Waals surface area contributed by atoms with Gasteiger partial charge in [0.1, 0.15) is 11.3 Å². The smallest absolute Gasteiger partial charge is 0.342 e. The average Bonchev–Trinajstić information content (AvgIpc) is 2.65. The third kappa shape index (κ3) is 4.30. The fourth-order valence-electron chi connectivity index (χ4n) is 2.61. The van der Waals surface area contributed by atoms with E-state index in [2.05, 4.69) is 5.32 Å². The molecule has 0 saturated heterocycles. The molecule has 27 heavy (non-hydrogen) atoms. The van der Waals surface area contributed by atoms with E-state index in [-0.39, 0.29) is 17.1 Å². The largest absolute Gasteiger partial charge is 0.507 e. The summed E-state index contributed by atoms with van der Waals surface area (Å²) in [5.41, 5.74) is 0.878. The molecular weight excluding hydrogens is 346 g/mol. The molecule has 2 N–H and O–H groups in total. The van der Waals surface area contributed by atoms with Gasteiger partial charge in [-0.25, -0.2) is 4.79 Å². The molecule has 0 fully saturated rings. The van der Waals surface area contributed by atoms with Crippen molar-refractivity contribution in [3.8, 4) is 5.75 Å². The number of amides is 1. The Kier molecular flexibility index (Phi) is 5.17. The molecule has 0 aliphatic rings. The number of phenolic OH excluding ortho intramolecular Hbond substituents is 1. The number of ketones is 1. The average molecular weight is 363 g/mol. The monoisotopic (exact) mass is 363 g/mol. The van der Waals surface area contributed by atoms with Gasteiger partial charge in [-0.1, -0.05) is 36.4 Å². The van der Waals surface area contributed by atoms with Gasteiger partial charge in [0, 0.05) is 11.3 Å². The Labute approximate surface area is 155 Å². The van der Waals surface area contributed by atoms with E-state index in [4.69, 9.17) is 4.74 Å². The lowest BCUT2D eigenvalue weighted by Gasteiger charge is -2.09. The number of rotatable bonds is 5. The van der Waals surface area contributed by atoms with E-state index in [0.717, 1.165) is 10.8 Å². The van der Waals surface area contributed by atoms with E-state index in [1.807, 2.05) is 18.2 Å². The van der Waals surface area contributed by atoms with Crippen LogP contribution in [-0.4, -0.2) is 29.4 Å². The Morgan fingerprint density at radius 2 is 1.67 bits per heavy atom. The van der Waals surface area contributed by atoms with Crippen LogP contribution in [0, 0.1) is 0 Å². The molecule has 0 aliphatic heterocycles. The molecule has 0 bridgehead atoms. The van der Waals surface area contributed by atoms with Crippen molar-refractivity contribution in [2.45, 2.75) is 6.92 Å². The molecule has 0 spiro atoms. The van der Waals surface area contributed by atoms with E-state index in [0.29, 0.717) is 11.3 Å². The molecule has 0 radical (unpaired) electrons. The number of benzene rings is 3. The van der Waals surface area contributed by atoms with Crippen LogP contribution in [0.3, 0.4) is 0 Å². The van der Waals surface area contributed by atoms with Crippen LogP contribution in [0.2, 0.25) is 0 Å². The first-order valence-corrected chi connectivity index (χ1v) is 8.24. The summed E-state index contributed by atoms with van der Waals surface area (Å²) >= 11 is 0. The van der Waals surface area contributed by atoms with Crippen molar-refractivity contribution >= 4 is 34.1 Å². The first kappa shape index (κ1) is 18.1. The number of carbonyl (C=O) groups excluding carboxylic acids is 3. The van der Waals surface area contributed by atoms with Gasteiger partial charge in [0.2, 0.25) is 0 Å². The number of ether oxygens (including phenoxy) is 1. The standard InChI is InChI=1S/C21H17NO5/c1-13(23)14-7-4-8-17(9-14)22-20(25)12-27-21(26)18-10-15-5-2-3-6-16(15)11-19(18)24/h2-11,24H,12H2,1H3,(H,22,25). The molecule has 0 saturated carbocycles. The third-order valence-electron chi connectivity index (χ3n) is 3.97. The van der Waals surface area contributed by atoms with Gasteiger partial charge in [0.05, 0.1) is 0 Å². The molecule has 0 aromatic heterocycles. The van der Waals surface area contributed by atoms with Crippen LogP contribution >= 0.6 is 0 Å². The predicted molar refractivity (Wildman–Crippen MR) is 101 cm³/mol. The van der Waals surface area contributed by atoms with Crippen LogP contribution < -0.4 is 5.32 Å². The van der Waals surface area contributed by atoms with Crippen LogP contribution in [0.4, 0.5) is 5.69 Å². The summed E-state index contributed by atoms with van der Waals surface area (Å²) in [4.78, 5) is 35.6. The Bertz CT molecular complexity index is 1040. The number of hydrogen-bond donors (Lipinski definition) is 2. The molecule has 3 rings (SSSR count). The minimum atomic E-state index is -0.800. The summed E-state index contributed by atoms with van der Waals surface area (Å²) in [6.07, 6.45) is 0. The van der Waals surface area contributed by atoms with Gasteiger partial charge in [-0.15, -0.1) is 0 Å². The van der Waals surface area contributed by atoms with Crippen LogP contribution in [0.5, 0.6) is 5.75 Å². The van der Waals surface area contributed by atoms with Gasteiger partial charge in [-0.2, -0.15) is 0 Å². The molecule has 0 atom stereocenters. The summed E-state index contributed by atoms with van der Waals surface area (Å²) in [7, 11) is 0. The molecule has 6 nitrogen and oxygen atoms in total. The van der Waals surface area contributed by atoms with Gasteiger partial charge in [0.15, 0.2) is 12.4 Å². The maximum absolute atomic E-state index is 12.2. The fraction of sp³-hybridized carbons (Fsp3) is 0.0952. The Hall–Kier alpha value is -3.67. The van der Waals surface area contributed by atoms with Crippen LogP contribution in [0.25, 0.3) is 10.8 Å². The van der Waals surface area contributed by atoms with E-state index in [1.165, 1.54) is 25.1 Å². The quantitative estimate of drug-likeness (QED) is 0.534. The molecule has 0 unspecified atom stereocenters. The van der Waals surface area contributed by atoms with E-state index >= 15 is 0 Å². The number of nitrogens with one attached hydrogen (secondary N) is 1. The summed E-state index contributed by atoms with van der Waals surface area (Å²) in [5, 5.41) is 14.1.